The van der Waals surface area contributed by atoms with Crippen molar-refractivity contribution in [2.75, 3.05) is 46.4 Å². The summed E-state index contributed by atoms with van der Waals surface area (Å²) in [6.07, 6.45) is -2.79. The van der Waals surface area contributed by atoms with E-state index in [4.69, 9.17) is 5.73 Å². The van der Waals surface area contributed by atoms with E-state index < -0.39 is 18.1 Å². The van der Waals surface area contributed by atoms with Crippen LogP contribution in [-0.2, 0) is 0 Å². The van der Waals surface area contributed by atoms with Gasteiger partial charge in [-0.25, -0.2) is 0 Å². The quantitative estimate of drug-likeness (QED) is 0.592. The third kappa shape index (κ3) is 5.96. The standard InChI is InChI=1S/C15H29F3N6/c1-11(19)21-10-22-12-7-13(15(16,17)18)14(20-8-12)9-24-5-3-23(2)4-6-24/h8,11-14,21-22H,3-7,9-10,19H2,1-2H3. The van der Waals surface area contributed by atoms with Gasteiger partial charge in [-0.2, -0.15) is 13.2 Å². The fourth-order valence-electron chi connectivity index (χ4n) is 3.12. The Labute approximate surface area is 141 Å². The monoisotopic (exact) mass is 350 g/mol. The Morgan fingerprint density at radius 2 is 1.96 bits per heavy atom. The molecule has 1 fully saturated rings. The number of nitrogens with two attached hydrogens (primary N) is 1. The first-order valence-corrected chi connectivity index (χ1v) is 8.49. The van der Waals surface area contributed by atoms with Crippen molar-refractivity contribution in [3.8, 4) is 0 Å². The fraction of sp³-hybridized carbons (Fsp3) is 0.933. The van der Waals surface area contributed by atoms with E-state index in [2.05, 4.69) is 25.4 Å². The van der Waals surface area contributed by atoms with Gasteiger partial charge in [-0.3, -0.25) is 20.5 Å². The molecule has 4 atom stereocenters. The van der Waals surface area contributed by atoms with E-state index in [0.717, 1.165) is 26.2 Å². The number of hydrogen-bond donors (Lipinski definition) is 3. The number of nitrogens with zero attached hydrogens (tertiary/aromatic N) is 3. The largest absolute Gasteiger partial charge is 0.393 e. The molecule has 2 aliphatic rings. The first-order valence-electron chi connectivity index (χ1n) is 8.49. The molecule has 0 aliphatic carbocycles. The van der Waals surface area contributed by atoms with Crippen molar-refractivity contribution in [3.63, 3.8) is 0 Å². The molecule has 2 aliphatic heterocycles. The number of aliphatic imine (C=N–C) groups is 1. The highest BCUT2D eigenvalue weighted by molar-refractivity contribution is 5.65. The Bertz CT molecular complexity index is 407. The van der Waals surface area contributed by atoms with Gasteiger partial charge in [0.05, 0.1) is 18.1 Å². The normalized spacial score (nSPS) is 31.3. The molecule has 0 aromatic heterocycles. The van der Waals surface area contributed by atoms with Crippen molar-refractivity contribution in [3.05, 3.63) is 0 Å². The minimum atomic E-state index is -4.23. The minimum absolute atomic E-state index is 0.0199. The molecule has 1 saturated heterocycles. The van der Waals surface area contributed by atoms with Crippen LogP contribution in [0.4, 0.5) is 13.2 Å². The van der Waals surface area contributed by atoms with Gasteiger partial charge in [-0.05, 0) is 20.4 Å². The molecular formula is C15H29F3N6. The zero-order chi connectivity index (χ0) is 17.7. The minimum Gasteiger partial charge on any atom is -0.316 e. The summed E-state index contributed by atoms with van der Waals surface area (Å²) in [6.45, 7) is 5.89. The molecule has 6 nitrogen and oxygen atoms in total. The number of likely N-dealkylation sites (N-methyl/N-ethyl adjacent to an activating group) is 1. The number of nitrogens with one attached hydrogen (secondary N) is 2. The topological polar surface area (TPSA) is 68.9 Å². The maximum atomic E-state index is 13.5. The number of rotatable bonds is 6. The molecule has 140 valence electrons. The van der Waals surface area contributed by atoms with Crippen molar-refractivity contribution < 1.29 is 13.2 Å². The van der Waals surface area contributed by atoms with E-state index in [1.165, 1.54) is 0 Å². The summed E-state index contributed by atoms with van der Waals surface area (Å²) < 4.78 is 40.4. The van der Waals surface area contributed by atoms with E-state index in [9.17, 15) is 13.2 Å². The Morgan fingerprint density at radius 1 is 1.29 bits per heavy atom. The van der Waals surface area contributed by atoms with Crippen LogP contribution in [0.3, 0.4) is 0 Å². The van der Waals surface area contributed by atoms with Crippen LogP contribution in [-0.4, -0.2) is 86.9 Å². The molecule has 4 unspecified atom stereocenters. The molecule has 0 aromatic carbocycles. The second-order valence-corrected chi connectivity index (χ2v) is 6.83. The SMILES string of the molecule is CC(N)NCNC1C=NC(CN2CCN(C)CC2)C(C(F)(F)F)C1. The lowest BCUT2D eigenvalue weighted by Gasteiger charge is -2.38. The Hall–Kier alpha value is -0.740. The van der Waals surface area contributed by atoms with E-state index in [0.29, 0.717) is 13.2 Å². The first-order chi connectivity index (χ1) is 11.3. The van der Waals surface area contributed by atoms with Gasteiger partial charge in [-0.1, -0.05) is 0 Å². The molecule has 4 N–H and O–H groups in total. The molecule has 24 heavy (non-hydrogen) atoms. The predicted molar refractivity (Wildman–Crippen MR) is 89.0 cm³/mol. The molecule has 0 saturated carbocycles. The lowest BCUT2D eigenvalue weighted by molar-refractivity contribution is -0.184. The van der Waals surface area contributed by atoms with Gasteiger partial charge in [0, 0.05) is 51.6 Å². The van der Waals surface area contributed by atoms with Gasteiger partial charge in [0.25, 0.3) is 0 Å². The van der Waals surface area contributed by atoms with Crippen molar-refractivity contribution in [2.24, 2.45) is 16.6 Å². The molecule has 2 heterocycles. The molecule has 0 radical (unpaired) electrons. The summed E-state index contributed by atoms with van der Waals surface area (Å²) in [4.78, 5) is 8.53. The third-order valence-electron chi connectivity index (χ3n) is 4.68. The summed E-state index contributed by atoms with van der Waals surface area (Å²) in [6, 6.07) is -1.10. The smallest absolute Gasteiger partial charge is 0.316 e. The average molecular weight is 350 g/mol. The molecule has 0 aromatic rings. The highest BCUT2D eigenvalue weighted by atomic mass is 19.4. The summed E-state index contributed by atoms with van der Waals surface area (Å²) in [5.74, 6) is -1.41. The van der Waals surface area contributed by atoms with Gasteiger partial charge in [0.1, 0.15) is 0 Å². The van der Waals surface area contributed by atoms with Gasteiger partial charge in [-0.15, -0.1) is 0 Å². The number of halogens is 3. The lowest BCUT2D eigenvalue weighted by atomic mass is 9.89. The van der Waals surface area contributed by atoms with Crippen LogP contribution in [0.15, 0.2) is 4.99 Å². The molecule has 0 amide bonds. The maximum absolute atomic E-state index is 13.5. The molecule has 9 heteroatoms. The van der Waals surface area contributed by atoms with Crippen LogP contribution in [0.1, 0.15) is 13.3 Å². The molecule has 0 bridgehead atoms. The lowest BCUT2D eigenvalue weighted by Crippen LogP contribution is -2.53. The van der Waals surface area contributed by atoms with Crippen LogP contribution in [0.2, 0.25) is 0 Å². The summed E-state index contributed by atoms with van der Waals surface area (Å²) in [5, 5.41) is 5.96. The van der Waals surface area contributed by atoms with E-state index in [1.807, 2.05) is 7.05 Å². The molecular weight excluding hydrogens is 321 g/mol. The highest BCUT2D eigenvalue weighted by Crippen LogP contribution is 2.36. The molecule has 2 rings (SSSR count). The van der Waals surface area contributed by atoms with Crippen molar-refractivity contribution in [1.82, 2.24) is 20.4 Å². The second kappa shape index (κ2) is 8.57. The third-order valence-corrected chi connectivity index (χ3v) is 4.68. The van der Waals surface area contributed by atoms with Crippen LogP contribution < -0.4 is 16.4 Å². The summed E-state index contributed by atoms with van der Waals surface area (Å²) in [7, 11) is 2.03. The van der Waals surface area contributed by atoms with Gasteiger partial charge in [0.2, 0.25) is 0 Å². The van der Waals surface area contributed by atoms with Crippen LogP contribution in [0.5, 0.6) is 0 Å². The van der Waals surface area contributed by atoms with Crippen molar-refractivity contribution in [1.29, 1.82) is 0 Å². The maximum Gasteiger partial charge on any atom is 0.393 e. The number of hydrogen-bond acceptors (Lipinski definition) is 6. The van der Waals surface area contributed by atoms with E-state index in [1.54, 1.807) is 13.1 Å². The van der Waals surface area contributed by atoms with Crippen LogP contribution >= 0.6 is 0 Å². The zero-order valence-corrected chi connectivity index (χ0v) is 14.4. The Balaban J connectivity index is 1.93. The predicted octanol–water partition coefficient (Wildman–Crippen LogP) is 0.0654. The summed E-state index contributed by atoms with van der Waals surface area (Å²) >= 11 is 0. The fourth-order valence-corrected chi connectivity index (χ4v) is 3.12. The van der Waals surface area contributed by atoms with Gasteiger partial charge >= 0.3 is 6.18 Å². The van der Waals surface area contributed by atoms with Crippen molar-refractivity contribution in [2.45, 2.75) is 37.8 Å². The van der Waals surface area contributed by atoms with E-state index in [-0.39, 0.29) is 18.6 Å². The average Bonchev–Trinajstić information content (AvgIpc) is 2.49. The second-order valence-electron chi connectivity index (χ2n) is 6.83. The molecule has 0 spiro atoms. The Morgan fingerprint density at radius 3 is 2.54 bits per heavy atom. The number of alkyl halides is 3. The van der Waals surface area contributed by atoms with Crippen molar-refractivity contribution >= 4 is 6.21 Å². The highest BCUT2D eigenvalue weighted by Gasteiger charge is 2.47. The van der Waals surface area contributed by atoms with Gasteiger partial charge < -0.3 is 10.6 Å². The summed E-state index contributed by atoms with van der Waals surface area (Å²) in [5.41, 5.74) is 5.57. The Kier molecular flexibility index (Phi) is 6.99. The first kappa shape index (κ1) is 19.6. The van der Waals surface area contributed by atoms with Gasteiger partial charge in [0.15, 0.2) is 0 Å². The van der Waals surface area contributed by atoms with Crippen LogP contribution in [0, 0.1) is 5.92 Å². The number of piperazine rings is 1. The van der Waals surface area contributed by atoms with E-state index >= 15 is 0 Å². The van der Waals surface area contributed by atoms with Crippen LogP contribution in [0.25, 0.3) is 0 Å². The zero-order valence-electron chi connectivity index (χ0n) is 14.4.